The second kappa shape index (κ2) is 9.66. The van der Waals surface area contributed by atoms with Crippen LogP contribution in [0.5, 0.6) is 28.7 Å². The Bertz CT molecular complexity index is 1440. The molecular weight excluding hydrogens is 454 g/mol. The number of anilines is 1. The van der Waals surface area contributed by atoms with Gasteiger partial charge in [0.15, 0.2) is 11.5 Å². The van der Waals surface area contributed by atoms with E-state index < -0.39 is 0 Å². The van der Waals surface area contributed by atoms with E-state index in [9.17, 15) is 20.1 Å². The molecule has 4 aromatic carbocycles. The van der Waals surface area contributed by atoms with Gasteiger partial charge in [-0.25, -0.2) is 0 Å². The van der Waals surface area contributed by atoms with Crippen molar-refractivity contribution < 1.29 is 24.9 Å². The van der Waals surface area contributed by atoms with Gasteiger partial charge in [-0.1, -0.05) is 36.4 Å². The van der Waals surface area contributed by atoms with Crippen LogP contribution in [0.15, 0.2) is 72.8 Å². The van der Waals surface area contributed by atoms with Crippen molar-refractivity contribution in [1.29, 1.82) is 0 Å². The zero-order valence-electron chi connectivity index (χ0n) is 19.9. The van der Waals surface area contributed by atoms with Crippen molar-refractivity contribution in [2.24, 2.45) is 0 Å². The van der Waals surface area contributed by atoms with Gasteiger partial charge in [-0.3, -0.25) is 4.79 Å². The second-order valence-electron chi connectivity index (χ2n) is 9.08. The van der Waals surface area contributed by atoms with Gasteiger partial charge in [0.2, 0.25) is 5.91 Å². The standard InChI is InChI=1S/C30H27NO5/c1-18(32)31-25-15-21-6-5-20-10-14-24(27(34)16-20)29-22(3-2-4-26(29)33)11-7-19-8-12-23(13-9-19)36-28(17-21)30(25)35/h2-4,8-10,12-17,33-35H,5-7,11H2,1H3,(H,31,32). The number of phenolic OH excluding ortho intramolecular Hbond substituents is 3. The Labute approximate surface area is 209 Å². The summed E-state index contributed by atoms with van der Waals surface area (Å²) in [6.07, 6.45) is 2.60. The van der Waals surface area contributed by atoms with Gasteiger partial charge in [0.1, 0.15) is 17.2 Å². The molecule has 36 heavy (non-hydrogen) atoms. The molecule has 1 amide bonds. The van der Waals surface area contributed by atoms with Crippen LogP contribution in [0, 0.1) is 0 Å². The summed E-state index contributed by atoms with van der Waals surface area (Å²) in [5, 5.41) is 35.0. The van der Waals surface area contributed by atoms with Crippen LogP contribution < -0.4 is 10.1 Å². The normalized spacial score (nSPS) is 12.8. The summed E-state index contributed by atoms with van der Waals surface area (Å²) in [5.74, 6) is 0.638. The highest BCUT2D eigenvalue weighted by molar-refractivity contribution is 5.91. The zero-order valence-corrected chi connectivity index (χ0v) is 19.9. The van der Waals surface area contributed by atoms with E-state index in [0.29, 0.717) is 36.1 Å². The van der Waals surface area contributed by atoms with Crippen molar-refractivity contribution in [3.63, 3.8) is 0 Å². The molecule has 0 spiro atoms. The number of benzene rings is 4. The Balaban J connectivity index is 1.60. The largest absolute Gasteiger partial charge is 0.507 e. The van der Waals surface area contributed by atoms with Crippen molar-refractivity contribution in [2.75, 3.05) is 5.32 Å². The minimum Gasteiger partial charge on any atom is -0.507 e. The maximum absolute atomic E-state index is 11.7. The van der Waals surface area contributed by atoms with Gasteiger partial charge in [0.05, 0.1) is 5.69 Å². The van der Waals surface area contributed by atoms with E-state index in [-0.39, 0.29) is 34.6 Å². The lowest BCUT2D eigenvalue weighted by atomic mass is 9.92. The highest BCUT2D eigenvalue weighted by atomic mass is 16.5. The fourth-order valence-electron chi connectivity index (χ4n) is 4.64. The van der Waals surface area contributed by atoms with E-state index in [2.05, 4.69) is 5.32 Å². The topological polar surface area (TPSA) is 99.0 Å². The van der Waals surface area contributed by atoms with E-state index in [4.69, 9.17) is 4.74 Å². The van der Waals surface area contributed by atoms with Crippen LogP contribution in [0.3, 0.4) is 0 Å². The minimum atomic E-state index is -0.295. The van der Waals surface area contributed by atoms with Crippen LogP contribution in [0.2, 0.25) is 0 Å². The summed E-state index contributed by atoms with van der Waals surface area (Å²) < 4.78 is 6.01. The van der Waals surface area contributed by atoms with Gasteiger partial charge in [-0.2, -0.15) is 0 Å². The van der Waals surface area contributed by atoms with Crippen molar-refractivity contribution in [1.82, 2.24) is 0 Å². The lowest BCUT2D eigenvalue weighted by Crippen LogP contribution is -2.07. The van der Waals surface area contributed by atoms with Gasteiger partial charge in [-0.15, -0.1) is 0 Å². The molecule has 0 unspecified atom stereocenters. The molecule has 6 heteroatoms. The summed E-state index contributed by atoms with van der Waals surface area (Å²) in [6.45, 7) is 1.38. The number of carbonyl (C=O) groups excluding carboxylic acids is 1. The van der Waals surface area contributed by atoms with E-state index >= 15 is 0 Å². The molecule has 6 nitrogen and oxygen atoms in total. The molecule has 6 bridgehead atoms. The van der Waals surface area contributed by atoms with Crippen molar-refractivity contribution >= 4 is 11.6 Å². The van der Waals surface area contributed by atoms with Crippen LogP contribution in [0.4, 0.5) is 5.69 Å². The average molecular weight is 482 g/mol. The third-order valence-corrected chi connectivity index (χ3v) is 6.44. The van der Waals surface area contributed by atoms with Gasteiger partial charge >= 0.3 is 0 Å². The van der Waals surface area contributed by atoms with Crippen molar-refractivity contribution in [3.8, 4) is 39.9 Å². The average Bonchev–Trinajstić information content (AvgIpc) is 2.85. The Morgan fingerprint density at radius 2 is 1.50 bits per heavy atom. The summed E-state index contributed by atoms with van der Waals surface area (Å²) in [5.41, 5.74) is 5.32. The number of aromatic hydroxyl groups is 3. The predicted octanol–water partition coefficient (Wildman–Crippen LogP) is 6.10. The summed E-state index contributed by atoms with van der Waals surface area (Å²) in [6, 6.07) is 22.0. The quantitative estimate of drug-likeness (QED) is 0.246. The highest BCUT2D eigenvalue weighted by Gasteiger charge is 2.17. The number of nitrogens with one attached hydrogen (secondary N) is 1. The molecule has 0 radical (unpaired) electrons. The fraction of sp³-hybridized carbons (Fsp3) is 0.167. The van der Waals surface area contributed by atoms with Gasteiger partial charge in [0, 0.05) is 18.1 Å². The molecular formula is C30H27NO5. The summed E-state index contributed by atoms with van der Waals surface area (Å²) in [4.78, 5) is 11.7. The molecule has 0 aliphatic carbocycles. The van der Waals surface area contributed by atoms with Gasteiger partial charge in [0.25, 0.3) is 0 Å². The smallest absolute Gasteiger partial charge is 0.221 e. The maximum Gasteiger partial charge on any atom is 0.221 e. The lowest BCUT2D eigenvalue weighted by molar-refractivity contribution is -0.114. The minimum absolute atomic E-state index is 0.106. The van der Waals surface area contributed by atoms with E-state index in [1.807, 2.05) is 48.5 Å². The number of phenols is 3. The summed E-state index contributed by atoms with van der Waals surface area (Å²) >= 11 is 0. The van der Waals surface area contributed by atoms with E-state index in [1.165, 1.54) is 6.92 Å². The first-order valence-corrected chi connectivity index (χ1v) is 11.9. The second-order valence-corrected chi connectivity index (χ2v) is 9.08. The first-order chi connectivity index (χ1) is 17.4. The Hall–Kier alpha value is -4.45. The van der Waals surface area contributed by atoms with Crippen LogP contribution in [-0.4, -0.2) is 21.2 Å². The molecule has 4 heterocycles. The third kappa shape index (κ3) is 4.84. The molecule has 0 saturated carbocycles. The number of rotatable bonds is 1. The molecule has 0 atom stereocenters. The number of carbonyl (C=O) groups is 1. The summed E-state index contributed by atoms with van der Waals surface area (Å²) in [7, 11) is 0. The fourth-order valence-corrected chi connectivity index (χ4v) is 4.64. The lowest BCUT2D eigenvalue weighted by Gasteiger charge is -2.16. The monoisotopic (exact) mass is 481 g/mol. The van der Waals surface area contributed by atoms with Crippen molar-refractivity contribution in [2.45, 2.75) is 32.6 Å². The van der Waals surface area contributed by atoms with Crippen LogP contribution in [0.25, 0.3) is 11.1 Å². The number of amides is 1. The van der Waals surface area contributed by atoms with Crippen LogP contribution >= 0.6 is 0 Å². The van der Waals surface area contributed by atoms with Crippen LogP contribution in [-0.2, 0) is 30.5 Å². The molecule has 4 N–H and O–H groups in total. The van der Waals surface area contributed by atoms with E-state index in [1.54, 1.807) is 24.3 Å². The molecule has 4 aliphatic heterocycles. The molecule has 4 aliphatic rings. The first-order valence-electron chi connectivity index (χ1n) is 11.9. The Morgan fingerprint density at radius 1 is 0.778 bits per heavy atom. The molecule has 182 valence electrons. The Kier molecular flexibility index (Phi) is 6.25. The van der Waals surface area contributed by atoms with Gasteiger partial charge < -0.3 is 25.4 Å². The molecule has 4 aromatic rings. The number of hydrogen-bond donors (Lipinski definition) is 4. The SMILES string of the molecule is CC(=O)Nc1cc2cc(c1O)Oc1ccc(cc1)CCc1cccc(O)c1-c1ccc(cc1O)CC2. The van der Waals surface area contributed by atoms with E-state index in [0.717, 1.165) is 28.7 Å². The zero-order chi connectivity index (χ0) is 25.2. The van der Waals surface area contributed by atoms with Gasteiger partial charge in [-0.05, 0) is 84.3 Å². The molecule has 8 rings (SSSR count). The number of hydrogen-bond acceptors (Lipinski definition) is 5. The third-order valence-electron chi connectivity index (χ3n) is 6.44. The molecule has 0 aromatic heterocycles. The van der Waals surface area contributed by atoms with Crippen LogP contribution in [0.1, 0.15) is 29.2 Å². The maximum atomic E-state index is 11.7. The predicted molar refractivity (Wildman–Crippen MR) is 139 cm³/mol. The Morgan fingerprint density at radius 3 is 2.25 bits per heavy atom. The molecule has 0 saturated heterocycles. The molecule has 0 fully saturated rings. The van der Waals surface area contributed by atoms with Crippen molar-refractivity contribution in [3.05, 3.63) is 95.1 Å². The first kappa shape index (κ1) is 23.3. The highest BCUT2D eigenvalue weighted by Crippen LogP contribution is 2.41. The number of aryl methyl sites for hydroxylation is 4. The number of ether oxygens (including phenoxy) is 1.